The van der Waals surface area contributed by atoms with Gasteiger partial charge in [0.25, 0.3) is 0 Å². The third-order valence-electron chi connectivity index (χ3n) is 10.3. The zero-order valence-electron chi connectivity index (χ0n) is 22.2. The van der Waals surface area contributed by atoms with Gasteiger partial charge in [-0.1, -0.05) is 25.1 Å². The molecule has 5 aliphatic rings. The SMILES string of the molecule is CN(C)[C@H]1C[C@@]23CC[C@@]4(O2)C(=C(C(F)(F)F)C[C@]2(C)C(c5ccc6ncncc6c5)=CCC24)C=C3[C@@H](O)[C@@H]1O. The number of hydrogen-bond acceptors (Lipinski definition) is 6. The van der Waals surface area contributed by atoms with Crippen LogP contribution in [0, 0.1) is 11.3 Å². The minimum absolute atomic E-state index is 0.150. The van der Waals surface area contributed by atoms with Gasteiger partial charge in [-0.05, 0) is 80.6 Å². The zero-order chi connectivity index (χ0) is 27.5. The molecule has 1 aromatic carbocycles. The van der Waals surface area contributed by atoms with Crippen molar-refractivity contribution in [3.05, 3.63) is 65.2 Å². The molecule has 2 fully saturated rings. The molecule has 7 rings (SSSR count). The number of benzene rings is 1. The standard InChI is InChI=1S/C30H32F3N3O3/c1-27-12-21(30(31,32)33)19-11-20-25(37)26(38)23(36(2)3)13-28(20)8-9-29(19,39-28)24(27)7-5-18(27)16-4-6-22-17(10-16)14-34-15-35-22/h4-6,10-11,14-15,23-26,37-38H,7-9,12-13H2,1-3H3/t23-,24?,25+,26+,27+,28+,29+/m0/s1. The first-order chi connectivity index (χ1) is 18.4. The lowest BCUT2D eigenvalue weighted by atomic mass is 9.56. The predicted molar refractivity (Wildman–Crippen MR) is 139 cm³/mol. The van der Waals surface area contributed by atoms with Crippen molar-refractivity contribution < 1.29 is 28.1 Å². The number of aromatic nitrogens is 2. The molecular weight excluding hydrogens is 507 g/mol. The van der Waals surface area contributed by atoms with Crippen molar-refractivity contribution in [1.29, 1.82) is 0 Å². The first kappa shape index (κ1) is 25.4. The summed E-state index contributed by atoms with van der Waals surface area (Å²) in [5.74, 6) is -0.192. The van der Waals surface area contributed by atoms with Crippen molar-refractivity contribution in [3.8, 4) is 0 Å². The van der Waals surface area contributed by atoms with Crippen LogP contribution in [0.3, 0.4) is 0 Å². The average Bonchev–Trinajstić information content (AvgIpc) is 3.40. The molecule has 2 aromatic rings. The van der Waals surface area contributed by atoms with Gasteiger partial charge in [-0.2, -0.15) is 13.2 Å². The molecule has 2 bridgehead atoms. The third-order valence-corrected chi connectivity index (χ3v) is 10.3. The quantitative estimate of drug-likeness (QED) is 0.582. The second-order valence-electron chi connectivity index (χ2n) is 12.4. The van der Waals surface area contributed by atoms with Crippen molar-refractivity contribution >= 4 is 16.5 Å². The third kappa shape index (κ3) is 3.30. The van der Waals surface area contributed by atoms with Gasteiger partial charge in [-0.3, -0.25) is 0 Å². The number of ether oxygens (including phenoxy) is 1. The van der Waals surface area contributed by atoms with E-state index in [1.54, 1.807) is 12.3 Å². The van der Waals surface area contributed by atoms with Crippen LogP contribution in [0.25, 0.3) is 16.5 Å². The van der Waals surface area contributed by atoms with E-state index in [0.717, 1.165) is 22.0 Å². The van der Waals surface area contributed by atoms with Gasteiger partial charge in [-0.15, -0.1) is 0 Å². The largest absolute Gasteiger partial charge is 0.413 e. The van der Waals surface area contributed by atoms with Gasteiger partial charge in [0, 0.05) is 34.5 Å². The molecule has 3 aliphatic carbocycles. The first-order valence-corrected chi connectivity index (χ1v) is 13.6. The number of rotatable bonds is 2. The summed E-state index contributed by atoms with van der Waals surface area (Å²) < 4.78 is 51.6. The molecule has 9 heteroatoms. The Kier molecular flexibility index (Phi) is 5.20. The number of halogens is 3. The van der Waals surface area contributed by atoms with Crippen LogP contribution in [0.1, 0.15) is 44.6 Å². The Morgan fingerprint density at radius 3 is 2.69 bits per heavy atom. The fourth-order valence-electron chi connectivity index (χ4n) is 8.53. The van der Waals surface area contributed by atoms with Gasteiger partial charge < -0.3 is 19.8 Å². The summed E-state index contributed by atoms with van der Waals surface area (Å²) in [6, 6.07) is 5.43. The average molecular weight is 540 g/mol. The second-order valence-corrected chi connectivity index (χ2v) is 12.4. The van der Waals surface area contributed by atoms with Crippen molar-refractivity contribution in [2.45, 2.75) is 74.7 Å². The van der Waals surface area contributed by atoms with Crippen LogP contribution >= 0.6 is 0 Å². The van der Waals surface area contributed by atoms with Crippen LogP contribution in [0.15, 0.2) is 59.6 Å². The summed E-state index contributed by atoms with van der Waals surface area (Å²) in [7, 11) is 3.68. The highest BCUT2D eigenvalue weighted by Gasteiger charge is 2.69. The molecule has 0 amide bonds. The monoisotopic (exact) mass is 539 g/mol. The predicted octanol–water partition coefficient (Wildman–Crippen LogP) is 4.59. The number of likely N-dealkylation sites (N-methyl/N-ethyl adjacent to an activating group) is 1. The number of aliphatic hydroxyl groups excluding tert-OH is 2. The lowest BCUT2D eigenvalue weighted by Crippen LogP contribution is -2.62. The smallest absolute Gasteiger partial charge is 0.388 e. The second kappa shape index (κ2) is 8.00. The molecule has 1 aromatic heterocycles. The lowest BCUT2D eigenvalue weighted by Gasteiger charge is -2.57. The van der Waals surface area contributed by atoms with Crippen LogP contribution in [-0.4, -0.2) is 74.8 Å². The van der Waals surface area contributed by atoms with Gasteiger partial charge in [0.1, 0.15) is 12.4 Å². The van der Waals surface area contributed by atoms with Gasteiger partial charge in [0.05, 0.1) is 22.8 Å². The molecule has 2 spiro atoms. The summed E-state index contributed by atoms with van der Waals surface area (Å²) in [6.07, 6.45) is 1.72. The maximum Gasteiger partial charge on any atom is 0.413 e. The van der Waals surface area contributed by atoms with E-state index in [-0.39, 0.29) is 24.0 Å². The molecule has 3 heterocycles. The van der Waals surface area contributed by atoms with Crippen molar-refractivity contribution in [1.82, 2.24) is 14.9 Å². The molecule has 39 heavy (non-hydrogen) atoms. The van der Waals surface area contributed by atoms with Gasteiger partial charge >= 0.3 is 6.18 Å². The molecule has 2 N–H and O–H groups in total. The number of alkyl halides is 3. The van der Waals surface area contributed by atoms with E-state index >= 15 is 0 Å². The van der Waals surface area contributed by atoms with Crippen molar-refractivity contribution in [2.24, 2.45) is 11.3 Å². The highest BCUT2D eigenvalue weighted by atomic mass is 19.4. The molecular formula is C30H32F3N3O3. The first-order valence-electron chi connectivity index (χ1n) is 13.6. The molecule has 2 aliphatic heterocycles. The fraction of sp³-hybridized carbons (Fsp3) is 0.533. The Morgan fingerprint density at radius 2 is 1.95 bits per heavy atom. The molecule has 0 radical (unpaired) electrons. The summed E-state index contributed by atoms with van der Waals surface area (Å²) >= 11 is 0. The Balaban J connectivity index is 1.39. The van der Waals surface area contributed by atoms with Crippen molar-refractivity contribution in [2.75, 3.05) is 14.1 Å². The normalized spacial score (nSPS) is 39.4. The Labute approximate surface area is 224 Å². The molecule has 7 atom stereocenters. The molecule has 1 unspecified atom stereocenters. The van der Waals surface area contributed by atoms with Crippen LogP contribution < -0.4 is 0 Å². The van der Waals surface area contributed by atoms with E-state index in [9.17, 15) is 23.4 Å². The van der Waals surface area contributed by atoms with E-state index in [4.69, 9.17) is 4.74 Å². The van der Waals surface area contributed by atoms with E-state index in [1.165, 1.54) is 6.33 Å². The number of fused-ring (bicyclic) bond motifs is 2. The highest BCUT2D eigenvalue weighted by molar-refractivity contribution is 5.85. The van der Waals surface area contributed by atoms with Crippen LogP contribution in [-0.2, 0) is 4.74 Å². The zero-order valence-corrected chi connectivity index (χ0v) is 22.2. The van der Waals surface area contributed by atoms with Gasteiger partial charge in [0.2, 0.25) is 0 Å². The van der Waals surface area contributed by atoms with Crippen LogP contribution in [0.4, 0.5) is 13.2 Å². The summed E-state index contributed by atoms with van der Waals surface area (Å²) in [5, 5.41) is 22.9. The Bertz CT molecular complexity index is 1480. The van der Waals surface area contributed by atoms with E-state index in [2.05, 4.69) is 16.0 Å². The summed E-state index contributed by atoms with van der Waals surface area (Å²) in [4.78, 5) is 10.3. The summed E-state index contributed by atoms with van der Waals surface area (Å²) in [5.41, 5.74) is -0.286. The summed E-state index contributed by atoms with van der Waals surface area (Å²) in [6.45, 7) is 1.95. The minimum atomic E-state index is -4.56. The number of hydrogen-bond donors (Lipinski definition) is 2. The Hall–Kier alpha value is -2.59. The topological polar surface area (TPSA) is 78.7 Å². The van der Waals surface area contributed by atoms with Gasteiger partial charge in [-0.25, -0.2) is 9.97 Å². The molecule has 1 saturated carbocycles. The number of allylic oxidation sites excluding steroid dienone is 3. The minimum Gasteiger partial charge on any atom is -0.388 e. The Morgan fingerprint density at radius 1 is 1.15 bits per heavy atom. The molecule has 1 saturated heterocycles. The van der Waals surface area contributed by atoms with E-state index in [1.807, 2.05) is 44.1 Å². The van der Waals surface area contributed by atoms with Crippen LogP contribution in [0.5, 0.6) is 0 Å². The maximum atomic E-state index is 14.9. The van der Waals surface area contributed by atoms with E-state index < -0.39 is 40.6 Å². The van der Waals surface area contributed by atoms with Gasteiger partial charge in [0.15, 0.2) is 0 Å². The fourth-order valence-corrected chi connectivity index (χ4v) is 8.53. The number of nitrogens with zero attached hydrogens (tertiary/aromatic N) is 3. The van der Waals surface area contributed by atoms with E-state index in [0.29, 0.717) is 31.3 Å². The van der Waals surface area contributed by atoms with Crippen LogP contribution in [0.2, 0.25) is 0 Å². The lowest BCUT2D eigenvalue weighted by molar-refractivity contribution is -0.170. The highest BCUT2D eigenvalue weighted by Crippen LogP contribution is 2.70. The molecule has 6 nitrogen and oxygen atoms in total. The molecule has 206 valence electrons. The number of aliphatic hydroxyl groups is 2. The van der Waals surface area contributed by atoms with Crippen molar-refractivity contribution in [3.63, 3.8) is 0 Å². The maximum absolute atomic E-state index is 14.9.